The van der Waals surface area contributed by atoms with E-state index in [4.69, 9.17) is 19.4 Å². The lowest BCUT2D eigenvalue weighted by molar-refractivity contribution is 0.584. The van der Waals surface area contributed by atoms with E-state index in [-0.39, 0.29) is 12.0 Å². The third-order valence-electron chi connectivity index (χ3n) is 8.54. The van der Waals surface area contributed by atoms with Crippen LogP contribution in [0.4, 0.5) is 11.4 Å². The van der Waals surface area contributed by atoms with Crippen LogP contribution in [-0.4, -0.2) is 26.0 Å². The number of hydrogen-bond donors (Lipinski definition) is 0. The van der Waals surface area contributed by atoms with Gasteiger partial charge < -0.3 is 9.32 Å². The normalized spacial score (nSPS) is 16.5. The lowest BCUT2D eigenvalue weighted by atomic mass is 9.82. The van der Waals surface area contributed by atoms with Gasteiger partial charge in [0.25, 0.3) is 0 Å². The Kier molecular flexibility index (Phi) is 5.53. The number of benzene rings is 4. The third-order valence-corrected chi connectivity index (χ3v) is 8.54. The van der Waals surface area contributed by atoms with Crippen LogP contribution in [0, 0.1) is 0 Å². The summed E-state index contributed by atoms with van der Waals surface area (Å²) in [5.74, 6) is 2.76. The molecule has 7 aromatic rings. The van der Waals surface area contributed by atoms with Gasteiger partial charge in [-0.3, -0.25) is 4.98 Å². The molecule has 2 aliphatic rings. The molecule has 0 spiro atoms. The number of nitrogens with zero attached hydrogens (tertiary/aromatic N) is 5. The third kappa shape index (κ3) is 3.88. The second-order valence-electron chi connectivity index (χ2n) is 11.1. The fourth-order valence-electron chi connectivity index (χ4n) is 6.62. The number of hydrogen-bond acceptors (Lipinski definition) is 6. The number of para-hydroxylation sites is 2. The molecule has 1 aliphatic heterocycles. The van der Waals surface area contributed by atoms with Crippen molar-refractivity contribution >= 4 is 28.4 Å². The number of furan rings is 1. The maximum Gasteiger partial charge on any atom is 0.182 e. The van der Waals surface area contributed by atoms with Crippen molar-refractivity contribution in [2.24, 2.45) is 0 Å². The number of anilines is 2. The minimum absolute atomic E-state index is 0.149. The van der Waals surface area contributed by atoms with Gasteiger partial charge in [-0.1, -0.05) is 91.0 Å². The second kappa shape index (κ2) is 9.85. The first-order chi connectivity index (χ1) is 21.8. The van der Waals surface area contributed by atoms with E-state index < -0.39 is 0 Å². The van der Waals surface area contributed by atoms with E-state index in [1.165, 1.54) is 22.5 Å². The van der Waals surface area contributed by atoms with Gasteiger partial charge >= 0.3 is 0 Å². The summed E-state index contributed by atoms with van der Waals surface area (Å²) in [7, 11) is 0. The predicted octanol–water partition coefficient (Wildman–Crippen LogP) is 8.69. The quantitative estimate of drug-likeness (QED) is 0.212. The molecule has 0 radical (unpaired) electrons. The van der Waals surface area contributed by atoms with Crippen LogP contribution in [0.2, 0.25) is 0 Å². The summed E-state index contributed by atoms with van der Waals surface area (Å²) in [5.41, 5.74) is 8.24. The first-order valence-electron chi connectivity index (χ1n) is 14.7. The van der Waals surface area contributed by atoms with Crippen molar-refractivity contribution in [2.75, 3.05) is 4.90 Å². The maximum absolute atomic E-state index is 6.56. The van der Waals surface area contributed by atoms with Crippen molar-refractivity contribution in [3.63, 3.8) is 0 Å². The molecule has 0 bridgehead atoms. The molecule has 0 amide bonds. The molecule has 208 valence electrons. The summed E-state index contributed by atoms with van der Waals surface area (Å²) in [6.45, 7) is 0. The topological polar surface area (TPSA) is 67.9 Å². The summed E-state index contributed by atoms with van der Waals surface area (Å²) in [4.78, 5) is 21.5. The Hall–Kier alpha value is -5.88. The molecule has 0 N–H and O–H groups in total. The molecule has 0 saturated heterocycles. The Morgan fingerprint density at radius 1 is 0.636 bits per heavy atom. The van der Waals surface area contributed by atoms with Crippen molar-refractivity contribution in [2.45, 2.75) is 12.0 Å². The van der Waals surface area contributed by atoms with Crippen LogP contribution in [0.25, 0.3) is 51.3 Å². The number of aromatic nitrogens is 4. The average Bonchev–Trinajstić information content (AvgIpc) is 3.64. The van der Waals surface area contributed by atoms with Gasteiger partial charge in [-0.2, -0.15) is 0 Å². The van der Waals surface area contributed by atoms with E-state index in [2.05, 4.69) is 94.8 Å². The van der Waals surface area contributed by atoms with Crippen LogP contribution < -0.4 is 4.90 Å². The summed E-state index contributed by atoms with van der Waals surface area (Å²) >= 11 is 0. The zero-order valence-corrected chi connectivity index (χ0v) is 23.6. The Morgan fingerprint density at radius 3 is 2.18 bits per heavy atom. The molecular formula is C38H25N5O. The number of fused-ring (bicyclic) bond motifs is 7. The molecule has 9 rings (SSSR count). The van der Waals surface area contributed by atoms with Crippen molar-refractivity contribution in [3.05, 3.63) is 150 Å². The molecule has 6 heteroatoms. The van der Waals surface area contributed by atoms with Gasteiger partial charge in [0.15, 0.2) is 17.5 Å². The van der Waals surface area contributed by atoms with Crippen LogP contribution in [0.3, 0.4) is 0 Å². The summed E-state index contributed by atoms with van der Waals surface area (Å²) in [6.07, 6.45) is 6.16. The predicted molar refractivity (Wildman–Crippen MR) is 173 cm³/mol. The Morgan fingerprint density at radius 2 is 1.36 bits per heavy atom. The van der Waals surface area contributed by atoms with E-state index in [1.54, 1.807) is 6.20 Å². The van der Waals surface area contributed by atoms with Gasteiger partial charge in [-0.05, 0) is 48.0 Å². The van der Waals surface area contributed by atoms with Gasteiger partial charge in [-0.15, -0.1) is 0 Å². The highest BCUT2D eigenvalue weighted by Crippen LogP contribution is 2.53. The molecule has 44 heavy (non-hydrogen) atoms. The zero-order chi connectivity index (χ0) is 29.0. The van der Waals surface area contributed by atoms with Crippen LogP contribution in [-0.2, 0) is 0 Å². The fraction of sp³-hybridized carbons (Fsp3) is 0.0526. The Balaban J connectivity index is 1.18. The van der Waals surface area contributed by atoms with Crippen molar-refractivity contribution < 1.29 is 4.42 Å². The highest BCUT2D eigenvalue weighted by atomic mass is 16.3. The van der Waals surface area contributed by atoms with Crippen LogP contribution >= 0.6 is 0 Å². The van der Waals surface area contributed by atoms with Crippen molar-refractivity contribution in [1.29, 1.82) is 0 Å². The molecule has 6 nitrogen and oxygen atoms in total. The first kappa shape index (κ1) is 24.7. The van der Waals surface area contributed by atoms with Crippen molar-refractivity contribution in [3.8, 4) is 34.3 Å². The summed E-state index contributed by atoms with van der Waals surface area (Å²) in [5, 5.41) is 1.11. The largest absolute Gasteiger partial charge is 0.456 e. The maximum atomic E-state index is 6.56. The highest BCUT2D eigenvalue weighted by molar-refractivity contribution is 5.92. The van der Waals surface area contributed by atoms with Crippen molar-refractivity contribution in [1.82, 2.24) is 19.9 Å². The Bertz CT molecular complexity index is 2130. The van der Waals surface area contributed by atoms with E-state index in [0.717, 1.165) is 27.9 Å². The molecule has 1 aliphatic carbocycles. The minimum atomic E-state index is 0.149. The molecule has 3 aromatic heterocycles. The zero-order valence-electron chi connectivity index (χ0n) is 23.6. The molecule has 0 fully saturated rings. The molecular weight excluding hydrogens is 542 g/mol. The van der Waals surface area contributed by atoms with Gasteiger partial charge in [0.1, 0.15) is 17.0 Å². The van der Waals surface area contributed by atoms with E-state index in [1.807, 2.05) is 48.5 Å². The monoisotopic (exact) mass is 567 g/mol. The highest BCUT2D eigenvalue weighted by Gasteiger charge is 2.43. The van der Waals surface area contributed by atoms with Gasteiger partial charge in [-0.25, -0.2) is 15.0 Å². The molecule has 0 saturated carbocycles. The smallest absolute Gasteiger partial charge is 0.182 e. The minimum Gasteiger partial charge on any atom is -0.456 e. The van der Waals surface area contributed by atoms with Crippen LogP contribution in [0.15, 0.2) is 138 Å². The van der Waals surface area contributed by atoms with Gasteiger partial charge in [0, 0.05) is 45.6 Å². The number of rotatable bonds is 4. The molecule has 2 unspecified atom stereocenters. The first-order valence-corrected chi connectivity index (χ1v) is 14.7. The second-order valence-corrected chi connectivity index (χ2v) is 11.1. The SMILES string of the molecule is C1=CC2C(c3ccccc3N2c2ccccc2)c2c1oc1cc(-c3nc(-c4ccccc4)nc(-c4ccccn4)n3)ccc21. The molecule has 4 aromatic carbocycles. The summed E-state index contributed by atoms with van der Waals surface area (Å²) < 4.78 is 6.56. The average molecular weight is 568 g/mol. The lowest BCUT2D eigenvalue weighted by Crippen LogP contribution is -2.30. The lowest BCUT2D eigenvalue weighted by Gasteiger charge is -2.30. The molecule has 2 atom stereocenters. The Labute approximate surface area is 254 Å². The van der Waals surface area contributed by atoms with E-state index in [0.29, 0.717) is 23.2 Å². The van der Waals surface area contributed by atoms with E-state index in [9.17, 15) is 0 Å². The number of pyridine rings is 1. The van der Waals surface area contributed by atoms with Crippen LogP contribution in [0.5, 0.6) is 0 Å². The summed E-state index contributed by atoms with van der Waals surface area (Å²) in [6, 6.07) is 41.5. The van der Waals surface area contributed by atoms with Gasteiger partial charge in [0.05, 0.1) is 6.04 Å². The molecule has 4 heterocycles. The van der Waals surface area contributed by atoms with Crippen LogP contribution in [0.1, 0.15) is 22.8 Å². The standard InChI is InChI=1S/C38H25N5O/c1-3-11-24(12-4-1)36-40-37(42-38(41-36)29-16-9-10-22-39-29)25-18-19-28-33(23-25)44-32-21-20-31-34(35(28)32)27-15-7-8-17-30(27)43(31)26-13-5-2-6-14-26/h1-23,31,34H. The van der Waals surface area contributed by atoms with Gasteiger partial charge in [0.2, 0.25) is 0 Å². The fourth-order valence-corrected chi connectivity index (χ4v) is 6.62. The van der Waals surface area contributed by atoms with E-state index >= 15 is 0 Å².